The maximum atomic E-state index is 12.5. The van der Waals surface area contributed by atoms with Gasteiger partial charge in [-0.3, -0.25) is 4.79 Å². The molecular formula is C21H20N2O4S. The Labute approximate surface area is 166 Å². The number of aromatic nitrogens is 1. The fourth-order valence-electron chi connectivity index (χ4n) is 2.77. The zero-order valence-electron chi connectivity index (χ0n) is 15.2. The second-order valence-electron chi connectivity index (χ2n) is 6.63. The van der Waals surface area contributed by atoms with E-state index in [1.165, 1.54) is 11.3 Å². The third-order valence-corrected chi connectivity index (χ3v) is 5.31. The maximum Gasteiger partial charge on any atom is 0.333 e. The number of hydrogen-bond donors (Lipinski definition) is 1. The van der Waals surface area contributed by atoms with Crippen molar-refractivity contribution in [2.24, 2.45) is 0 Å². The molecule has 1 N–H and O–H groups in total. The van der Waals surface area contributed by atoms with Crippen LogP contribution in [-0.4, -0.2) is 29.5 Å². The number of benzene rings is 2. The first-order chi connectivity index (χ1) is 13.7. The first-order valence-corrected chi connectivity index (χ1v) is 9.98. The molecule has 2 aromatic carbocycles. The lowest BCUT2D eigenvalue weighted by molar-refractivity contribution is -0.161. The van der Waals surface area contributed by atoms with Gasteiger partial charge in [-0.05, 0) is 25.0 Å². The highest BCUT2D eigenvalue weighted by molar-refractivity contribution is 7.18. The quantitative estimate of drug-likeness (QED) is 0.591. The van der Waals surface area contributed by atoms with Crippen molar-refractivity contribution in [3.63, 3.8) is 0 Å². The van der Waals surface area contributed by atoms with E-state index in [9.17, 15) is 9.59 Å². The van der Waals surface area contributed by atoms with Crippen LogP contribution in [0.4, 0.5) is 0 Å². The van der Waals surface area contributed by atoms with Gasteiger partial charge in [-0.25, -0.2) is 9.78 Å². The Morgan fingerprint density at radius 1 is 1.11 bits per heavy atom. The number of amides is 1. The molecule has 0 aliphatic heterocycles. The van der Waals surface area contributed by atoms with Gasteiger partial charge in [-0.15, -0.1) is 11.3 Å². The number of esters is 1. The van der Waals surface area contributed by atoms with Crippen LogP contribution in [0.1, 0.15) is 29.5 Å². The molecule has 3 aromatic rings. The molecule has 0 spiro atoms. The molecule has 6 nitrogen and oxygen atoms in total. The summed E-state index contributed by atoms with van der Waals surface area (Å²) < 4.78 is 12.0. The molecule has 1 saturated carbocycles. The van der Waals surface area contributed by atoms with E-state index in [0.29, 0.717) is 5.56 Å². The molecule has 1 fully saturated rings. The molecule has 0 radical (unpaired) electrons. The lowest BCUT2D eigenvalue weighted by Gasteiger charge is -2.18. The molecular weight excluding hydrogens is 376 g/mol. The molecule has 1 heterocycles. The molecule has 28 heavy (non-hydrogen) atoms. The van der Waals surface area contributed by atoms with Gasteiger partial charge >= 0.3 is 5.97 Å². The highest BCUT2D eigenvalue weighted by Crippen LogP contribution is 2.24. The Kier molecular flexibility index (Phi) is 5.64. The molecule has 7 heteroatoms. The van der Waals surface area contributed by atoms with E-state index < -0.39 is 12.1 Å². The Morgan fingerprint density at radius 3 is 2.61 bits per heavy atom. The Hall–Kier alpha value is -2.77. The van der Waals surface area contributed by atoms with Crippen LogP contribution in [0, 0.1) is 0 Å². The molecule has 1 aliphatic rings. The summed E-state index contributed by atoms with van der Waals surface area (Å²) in [4.78, 5) is 29.2. The second-order valence-corrected chi connectivity index (χ2v) is 7.75. The molecule has 0 bridgehead atoms. The zero-order valence-corrected chi connectivity index (χ0v) is 16.0. The number of nitrogens with zero attached hydrogens (tertiary/aromatic N) is 1. The van der Waals surface area contributed by atoms with Crippen molar-refractivity contribution >= 4 is 33.4 Å². The summed E-state index contributed by atoms with van der Waals surface area (Å²) >= 11 is 1.53. The van der Waals surface area contributed by atoms with Crippen molar-refractivity contribution in [3.05, 3.63) is 65.2 Å². The first-order valence-electron chi connectivity index (χ1n) is 9.16. The largest absolute Gasteiger partial charge is 0.446 e. The van der Waals surface area contributed by atoms with E-state index in [-0.39, 0.29) is 25.2 Å². The van der Waals surface area contributed by atoms with Crippen molar-refractivity contribution in [2.75, 3.05) is 6.61 Å². The van der Waals surface area contributed by atoms with Gasteiger partial charge < -0.3 is 14.8 Å². The van der Waals surface area contributed by atoms with Gasteiger partial charge in [0.2, 0.25) is 6.10 Å². The minimum atomic E-state index is -0.972. The van der Waals surface area contributed by atoms with E-state index in [0.717, 1.165) is 28.1 Å². The van der Waals surface area contributed by atoms with Crippen LogP contribution in [-0.2, 0) is 25.7 Å². The van der Waals surface area contributed by atoms with Crippen LogP contribution in [0.2, 0.25) is 0 Å². The predicted molar refractivity (Wildman–Crippen MR) is 106 cm³/mol. The monoisotopic (exact) mass is 396 g/mol. The normalized spacial score (nSPS) is 14.6. The average Bonchev–Trinajstić information content (AvgIpc) is 3.42. The first kappa shape index (κ1) is 18.6. The van der Waals surface area contributed by atoms with E-state index in [1.54, 1.807) is 12.1 Å². The number of carbonyl (C=O) groups is 2. The van der Waals surface area contributed by atoms with Crippen LogP contribution < -0.4 is 5.32 Å². The van der Waals surface area contributed by atoms with E-state index in [4.69, 9.17) is 9.47 Å². The zero-order chi connectivity index (χ0) is 19.3. The lowest BCUT2D eigenvalue weighted by Crippen LogP contribution is -2.34. The summed E-state index contributed by atoms with van der Waals surface area (Å²) in [6, 6.07) is 17.0. The van der Waals surface area contributed by atoms with Crippen LogP contribution in [0.3, 0.4) is 0 Å². The second kappa shape index (κ2) is 8.50. The smallest absolute Gasteiger partial charge is 0.333 e. The molecule has 1 aromatic heterocycles. The lowest BCUT2D eigenvalue weighted by atomic mass is 10.1. The number of hydrogen-bond acceptors (Lipinski definition) is 6. The summed E-state index contributed by atoms with van der Waals surface area (Å²) in [5, 5.41) is 3.68. The van der Waals surface area contributed by atoms with Crippen molar-refractivity contribution in [3.8, 4) is 0 Å². The van der Waals surface area contributed by atoms with E-state index >= 15 is 0 Å². The van der Waals surface area contributed by atoms with Gasteiger partial charge in [0.1, 0.15) is 11.6 Å². The van der Waals surface area contributed by atoms with Gasteiger partial charge in [0.25, 0.3) is 5.91 Å². The summed E-state index contributed by atoms with van der Waals surface area (Å²) in [5.41, 5.74) is 1.55. The molecule has 1 amide bonds. The van der Waals surface area contributed by atoms with Crippen LogP contribution in [0.5, 0.6) is 0 Å². The number of rotatable bonds is 8. The van der Waals surface area contributed by atoms with Crippen molar-refractivity contribution in [2.45, 2.75) is 31.6 Å². The van der Waals surface area contributed by atoms with Gasteiger partial charge in [-0.2, -0.15) is 0 Å². The molecule has 1 atom stereocenters. The topological polar surface area (TPSA) is 77.5 Å². The summed E-state index contributed by atoms with van der Waals surface area (Å²) in [7, 11) is 0. The van der Waals surface area contributed by atoms with E-state index in [1.807, 2.05) is 42.5 Å². The van der Waals surface area contributed by atoms with Gasteiger partial charge in [0.05, 0.1) is 16.8 Å². The van der Waals surface area contributed by atoms with Gasteiger partial charge in [0.15, 0.2) is 0 Å². The highest BCUT2D eigenvalue weighted by atomic mass is 32.1. The van der Waals surface area contributed by atoms with Crippen molar-refractivity contribution in [1.82, 2.24) is 10.3 Å². The highest BCUT2D eigenvalue weighted by Gasteiger charge is 2.30. The van der Waals surface area contributed by atoms with Crippen LogP contribution in [0.15, 0.2) is 54.6 Å². The standard InChI is InChI=1S/C21H20N2O4S/c24-19(13-26-12-18-23-16-8-4-5-9-17(16)28-18)27-20(14-6-2-1-3-7-14)21(25)22-15-10-11-15/h1-9,15,20H,10-13H2,(H,22,25)/t20-/m0/s1. The Bertz CT molecular complexity index is 936. The van der Waals surface area contributed by atoms with Crippen LogP contribution >= 0.6 is 11.3 Å². The molecule has 0 saturated heterocycles. The number of nitrogens with one attached hydrogen (secondary N) is 1. The van der Waals surface area contributed by atoms with Crippen molar-refractivity contribution < 1.29 is 19.1 Å². The Morgan fingerprint density at radius 2 is 1.86 bits per heavy atom. The number of ether oxygens (including phenoxy) is 2. The van der Waals surface area contributed by atoms with Gasteiger partial charge in [0, 0.05) is 11.6 Å². The maximum absolute atomic E-state index is 12.5. The minimum absolute atomic E-state index is 0.188. The van der Waals surface area contributed by atoms with Crippen molar-refractivity contribution in [1.29, 1.82) is 0 Å². The van der Waals surface area contributed by atoms with Crippen LogP contribution in [0.25, 0.3) is 10.2 Å². The molecule has 1 aliphatic carbocycles. The molecule has 144 valence electrons. The third-order valence-electron chi connectivity index (χ3n) is 4.30. The fraction of sp³-hybridized carbons (Fsp3) is 0.286. The van der Waals surface area contributed by atoms with Gasteiger partial charge in [-0.1, -0.05) is 42.5 Å². The molecule has 0 unspecified atom stereocenters. The number of carbonyl (C=O) groups excluding carboxylic acids is 2. The fourth-order valence-corrected chi connectivity index (χ4v) is 3.68. The Balaban J connectivity index is 1.33. The third kappa shape index (κ3) is 4.74. The number of thiazole rings is 1. The average molecular weight is 396 g/mol. The minimum Gasteiger partial charge on any atom is -0.446 e. The summed E-state index contributed by atoms with van der Waals surface area (Å²) in [6.07, 6.45) is 0.958. The predicted octanol–water partition coefficient (Wildman–Crippen LogP) is 3.38. The number of para-hydroxylation sites is 1. The summed E-state index contributed by atoms with van der Waals surface area (Å²) in [5.74, 6) is -0.880. The van der Waals surface area contributed by atoms with E-state index in [2.05, 4.69) is 10.3 Å². The SMILES string of the molecule is O=C(COCc1nc2ccccc2s1)O[C@H](C(=O)NC1CC1)c1ccccc1. The number of fused-ring (bicyclic) bond motifs is 1. The molecule has 4 rings (SSSR count). The summed E-state index contributed by atoms with van der Waals surface area (Å²) in [6.45, 7) is -0.0192.